The van der Waals surface area contributed by atoms with E-state index in [0.717, 1.165) is 12.1 Å². The smallest absolute Gasteiger partial charge is 0.331 e. The molecule has 0 bridgehead atoms. The number of halogens is 4. The maximum absolute atomic E-state index is 13.7. The molecule has 27 heavy (non-hydrogen) atoms. The fourth-order valence-corrected chi connectivity index (χ4v) is 2.58. The van der Waals surface area contributed by atoms with Crippen molar-refractivity contribution < 1.29 is 27.5 Å². The highest BCUT2D eigenvalue weighted by Gasteiger charge is 2.15. The molecule has 1 atom stereocenters. The van der Waals surface area contributed by atoms with Crippen LogP contribution in [0.4, 0.5) is 13.2 Å². The van der Waals surface area contributed by atoms with Gasteiger partial charge in [0.1, 0.15) is 17.5 Å². The van der Waals surface area contributed by atoms with Crippen molar-refractivity contribution in [3.63, 3.8) is 0 Å². The number of carbonyl (C=O) groups excluding carboxylic acids is 2. The lowest BCUT2D eigenvalue weighted by atomic mass is 10.1. The molecule has 0 aliphatic carbocycles. The minimum atomic E-state index is -0.842. The highest BCUT2D eigenvalue weighted by atomic mass is 79.9. The van der Waals surface area contributed by atoms with Crippen LogP contribution in [0.3, 0.4) is 0 Å². The summed E-state index contributed by atoms with van der Waals surface area (Å²) in [7, 11) is 0. The lowest BCUT2D eigenvalue weighted by molar-refractivity contribution is -0.144. The van der Waals surface area contributed by atoms with Gasteiger partial charge < -0.3 is 10.1 Å². The molecule has 0 aliphatic heterocycles. The molecule has 0 aromatic heterocycles. The van der Waals surface area contributed by atoms with Crippen LogP contribution in [-0.4, -0.2) is 18.5 Å². The maximum Gasteiger partial charge on any atom is 0.331 e. The van der Waals surface area contributed by atoms with Crippen molar-refractivity contribution in [1.29, 1.82) is 0 Å². The van der Waals surface area contributed by atoms with Gasteiger partial charge >= 0.3 is 5.97 Å². The van der Waals surface area contributed by atoms with Gasteiger partial charge in [0, 0.05) is 27.7 Å². The van der Waals surface area contributed by atoms with E-state index in [-0.39, 0.29) is 11.1 Å². The van der Waals surface area contributed by atoms with Crippen LogP contribution in [0.5, 0.6) is 0 Å². The predicted octanol–water partition coefficient (Wildman–Crippen LogP) is 4.30. The molecule has 2 rings (SSSR count). The van der Waals surface area contributed by atoms with Crippen LogP contribution in [-0.2, 0) is 14.3 Å². The van der Waals surface area contributed by atoms with E-state index in [2.05, 4.69) is 21.2 Å². The van der Waals surface area contributed by atoms with Crippen LogP contribution < -0.4 is 5.32 Å². The van der Waals surface area contributed by atoms with E-state index in [1.165, 1.54) is 37.3 Å². The maximum atomic E-state index is 13.7. The Labute approximate surface area is 162 Å². The van der Waals surface area contributed by atoms with E-state index in [9.17, 15) is 22.8 Å². The van der Waals surface area contributed by atoms with E-state index in [4.69, 9.17) is 4.74 Å². The summed E-state index contributed by atoms with van der Waals surface area (Å²) in [6.07, 6.45) is 2.21. The molecular formula is C19H15BrF3NO3. The Kier molecular flexibility index (Phi) is 7.18. The van der Waals surface area contributed by atoms with E-state index in [1.807, 2.05) is 0 Å². The molecule has 0 saturated carbocycles. The van der Waals surface area contributed by atoms with E-state index in [0.29, 0.717) is 10.5 Å². The zero-order valence-corrected chi connectivity index (χ0v) is 15.7. The Morgan fingerprint density at radius 1 is 1.15 bits per heavy atom. The van der Waals surface area contributed by atoms with Gasteiger partial charge in [-0.3, -0.25) is 4.79 Å². The number of nitrogens with one attached hydrogen (secondary N) is 1. The average Bonchev–Trinajstić information content (AvgIpc) is 2.60. The number of hydrogen-bond acceptors (Lipinski definition) is 3. The number of benzene rings is 2. The number of carbonyl (C=O) groups is 2. The fraction of sp³-hybridized carbons (Fsp3) is 0.158. The van der Waals surface area contributed by atoms with Crippen LogP contribution in [0, 0.1) is 17.5 Å². The van der Waals surface area contributed by atoms with Crippen molar-refractivity contribution in [3.05, 3.63) is 75.5 Å². The first-order valence-electron chi connectivity index (χ1n) is 7.80. The van der Waals surface area contributed by atoms with Gasteiger partial charge in [0.25, 0.3) is 5.91 Å². The first-order chi connectivity index (χ1) is 12.8. The molecule has 142 valence electrons. The lowest BCUT2D eigenvalue weighted by Crippen LogP contribution is -2.31. The van der Waals surface area contributed by atoms with Gasteiger partial charge in [-0.05, 0) is 37.3 Å². The average molecular weight is 442 g/mol. The summed E-state index contributed by atoms with van der Waals surface area (Å²) < 4.78 is 45.5. The number of amides is 1. The molecule has 1 amide bonds. The largest absolute Gasteiger partial charge is 0.452 e. The highest BCUT2D eigenvalue weighted by Crippen LogP contribution is 2.18. The van der Waals surface area contributed by atoms with Crippen LogP contribution in [0.2, 0.25) is 0 Å². The Bertz CT molecular complexity index is 886. The SMILES string of the molecule is CC(NC(=O)COC(=O)/C=C/c1cc(Br)ccc1F)c1ccc(F)cc1F. The molecule has 2 aromatic carbocycles. The molecule has 0 heterocycles. The minimum absolute atomic E-state index is 0.0982. The standard InChI is InChI=1S/C19H15BrF3NO3/c1-11(15-5-4-14(21)9-17(15)23)24-18(25)10-27-19(26)7-2-12-8-13(20)3-6-16(12)22/h2-9,11H,10H2,1H3,(H,24,25)/b7-2+. The molecule has 0 aliphatic rings. The quantitative estimate of drug-likeness (QED) is 0.536. The third-order valence-corrected chi connectivity index (χ3v) is 4.00. The van der Waals surface area contributed by atoms with Crippen molar-refractivity contribution >= 4 is 33.9 Å². The van der Waals surface area contributed by atoms with Gasteiger partial charge in [-0.2, -0.15) is 0 Å². The second-order valence-electron chi connectivity index (χ2n) is 5.56. The third kappa shape index (κ3) is 6.25. The number of hydrogen-bond donors (Lipinski definition) is 1. The Balaban J connectivity index is 1.86. The fourth-order valence-electron chi connectivity index (χ4n) is 2.20. The topological polar surface area (TPSA) is 55.4 Å². The molecule has 8 heteroatoms. The number of ether oxygens (including phenoxy) is 1. The van der Waals surface area contributed by atoms with Gasteiger partial charge in [0.15, 0.2) is 6.61 Å². The summed E-state index contributed by atoms with van der Waals surface area (Å²) in [6.45, 7) is 0.906. The number of rotatable bonds is 6. The van der Waals surface area contributed by atoms with E-state index < -0.39 is 42.0 Å². The Hall–Kier alpha value is -2.61. The van der Waals surface area contributed by atoms with Crippen molar-refractivity contribution in [2.45, 2.75) is 13.0 Å². The van der Waals surface area contributed by atoms with Gasteiger partial charge in [0.05, 0.1) is 6.04 Å². The minimum Gasteiger partial charge on any atom is -0.452 e. The molecule has 0 radical (unpaired) electrons. The molecule has 1 unspecified atom stereocenters. The second-order valence-corrected chi connectivity index (χ2v) is 6.48. The van der Waals surface area contributed by atoms with Crippen molar-refractivity contribution in [3.8, 4) is 0 Å². The highest BCUT2D eigenvalue weighted by molar-refractivity contribution is 9.10. The second kappa shape index (κ2) is 9.36. The van der Waals surface area contributed by atoms with Crippen LogP contribution in [0.15, 0.2) is 46.9 Å². The molecular weight excluding hydrogens is 427 g/mol. The van der Waals surface area contributed by atoms with E-state index >= 15 is 0 Å². The van der Waals surface area contributed by atoms with E-state index in [1.54, 1.807) is 0 Å². The van der Waals surface area contributed by atoms with Gasteiger partial charge in [-0.15, -0.1) is 0 Å². The first-order valence-corrected chi connectivity index (χ1v) is 8.59. The zero-order chi connectivity index (χ0) is 20.0. The molecule has 4 nitrogen and oxygen atoms in total. The Morgan fingerprint density at radius 3 is 2.59 bits per heavy atom. The van der Waals surface area contributed by atoms with Crippen LogP contribution in [0.1, 0.15) is 24.1 Å². The lowest BCUT2D eigenvalue weighted by Gasteiger charge is -2.15. The van der Waals surface area contributed by atoms with Gasteiger partial charge in [0.2, 0.25) is 0 Å². The normalized spacial score (nSPS) is 12.0. The molecule has 1 N–H and O–H groups in total. The van der Waals surface area contributed by atoms with Crippen LogP contribution >= 0.6 is 15.9 Å². The number of esters is 1. The molecule has 0 spiro atoms. The molecule has 0 saturated heterocycles. The summed E-state index contributed by atoms with van der Waals surface area (Å²) in [6, 6.07) is 6.49. The summed E-state index contributed by atoms with van der Waals surface area (Å²) in [5.41, 5.74) is 0.271. The Morgan fingerprint density at radius 2 is 1.89 bits per heavy atom. The summed E-state index contributed by atoms with van der Waals surface area (Å²) in [5, 5.41) is 2.43. The van der Waals surface area contributed by atoms with Crippen molar-refractivity contribution in [2.24, 2.45) is 0 Å². The monoisotopic (exact) mass is 441 g/mol. The van der Waals surface area contributed by atoms with Crippen LogP contribution in [0.25, 0.3) is 6.08 Å². The summed E-state index contributed by atoms with van der Waals surface area (Å²) >= 11 is 3.19. The van der Waals surface area contributed by atoms with Gasteiger partial charge in [-0.1, -0.05) is 22.0 Å². The molecule has 0 fully saturated rings. The first kappa shape index (κ1) is 20.7. The third-order valence-electron chi connectivity index (χ3n) is 3.51. The summed E-state index contributed by atoms with van der Waals surface area (Å²) in [5.74, 6) is -3.54. The van der Waals surface area contributed by atoms with Gasteiger partial charge in [-0.25, -0.2) is 18.0 Å². The summed E-state index contributed by atoms with van der Waals surface area (Å²) in [4.78, 5) is 23.4. The van der Waals surface area contributed by atoms with Crippen molar-refractivity contribution in [2.75, 3.05) is 6.61 Å². The predicted molar refractivity (Wildman–Crippen MR) is 97.0 cm³/mol. The van der Waals surface area contributed by atoms with Crippen molar-refractivity contribution in [1.82, 2.24) is 5.32 Å². The zero-order valence-electron chi connectivity index (χ0n) is 14.1. The molecule has 2 aromatic rings.